The quantitative estimate of drug-likeness (QED) is 0.237. The molecule has 38 heavy (non-hydrogen) atoms. The number of nitrogens with two attached hydrogens (primary N) is 1. The number of carboxylic acid groups (broad SMARTS) is 1. The molecule has 7 nitrogen and oxygen atoms in total. The molecule has 3 aromatic rings. The van der Waals surface area contributed by atoms with Crippen molar-refractivity contribution in [3.8, 4) is 17.1 Å². The van der Waals surface area contributed by atoms with E-state index in [1.54, 1.807) is 18.2 Å². The second-order valence-corrected chi connectivity index (χ2v) is 10.5. The van der Waals surface area contributed by atoms with Crippen LogP contribution in [0.25, 0.3) is 11.3 Å². The number of ether oxygens (including phenoxy) is 1. The molecule has 0 radical (unpaired) electrons. The summed E-state index contributed by atoms with van der Waals surface area (Å²) >= 11 is 1.15. The van der Waals surface area contributed by atoms with Crippen molar-refractivity contribution < 1.29 is 27.8 Å². The summed E-state index contributed by atoms with van der Waals surface area (Å²) in [6.07, 6.45) is -3.73. The lowest BCUT2D eigenvalue weighted by Crippen LogP contribution is -2.32. The molecule has 1 aliphatic rings. The molecule has 0 aliphatic heterocycles. The Balaban J connectivity index is 1.51. The second-order valence-electron chi connectivity index (χ2n) is 9.61. The van der Waals surface area contributed by atoms with Gasteiger partial charge in [0.05, 0.1) is 16.7 Å². The van der Waals surface area contributed by atoms with Gasteiger partial charge in [-0.1, -0.05) is 24.3 Å². The third kappa shape index (κ3) is 6.57. The third-order valence-corrected chi connectivity index (χ3v) is 7.45. The summed E-state index contributed by atoms with van der Waals surface area (Å²) in [6, 6.07) is 13.4. The molecule has 1 atom stereocenters. The smallest absolute Gasteiger partial charge is 0.394 e. The highest BCUT2D eigenvalue weighted by molar-refractivity contribution is 8.00. The molecule has 1 unspecified atom stereocenters. The van der Waals surface area contributed by atoms with Crippen LogP contribution in [0.5, 0.6) is 5.88 Å². The molecule has 2 aromatic carbocycles. The van der Waals surface area contributed by atoms with Gasteiger partial charge in [0.15, 0.2) is 0 Å². The van der Waals surface area contributed by atoms with Gasteiger partial charge in [0.2, 0.25) is 11.8 Å². The Morgan fingerprint density at radius 3 is 2.47 bits per heavy atom. The number of rotatable bonds is 11. The van der Waals surface area contributed by atoms with Gasteiger partial charge in [0.1, 0.15) is 6.61 Å². The van der Waals surface area contributed by atoms with Crippen molar-refractivity contribution >= 4 is 23.9 Å². The number of alkyl halides is 3. The first-order chi connectivity index (χ1) is 18.0. The average molecular weight is 547 g/mol. The SMILES string of the molecule is Cc1cccc(C)c1-c1cc(OCC(N)CCC2(C(F)(F)F)CC2)nc(NSc2cccc(C(=O)O)c2)n1. The summed E-state index contributed by atoms with van der Waals surface area (Å²) < 4.78 is 48.6. The fourth-order valence-electron chi connectivity index (χ4n) is 4.25. The highest BCUT2D eigenvalue weighted by atomic mass is 32.2. The van der Waals surface area contributed by atoms with E-state index < -0.39 is 23.6 Å². The maximum atomic E-state index is 13.2. The standard InChI is InChI=1S/C27H29F3N4O3S/c1-16-5-3-6-17(2)23(16)21-14-22(37-15-19(31)9-10-26(11-12-26)27(28,29)30)33-25(32-21)34-38-20-8-4-7-18(13-20)24(35)36/h3-8,13-14,19H,9-12,15,31H2,1-2H3,(H,35,36)(H,32,33,34). The first-order valence-electron chi connectivity index (χ1n) is 12.1. The topological polar surface area (TPSA) is 110 Å². The van der Waals surface area contributed by atoms with Crippen LogP contribution < -0.4 is 15.2 Å². The van der Waals surface area contributed by atoms with Crippen molar-refractivity contribution in [2.45, 2.75) is 56.6 Å². The monoisotopic (exact) mass is 546 g/mol. The normalized spacial score (nSPS) is 15.1. The minimum atomic E-state index is -4.21. The number of carboxylic acids is 1. The fraction of sp³-hybridized carbons (Fsp3) is 0.370. The molecule has 1 aliphatic carbocycles. The van der Waals surface area contributed by atoms with Crippen LogP contribution in [0.15, 0.2) is 53.4 Å². The second kappa shape index (κ2) is 11.2. The summed E-state index contributed by atoms with van der Waals surface area (Å²) in [6.45, 7) is 3.94. The predicted octanol–water partition coefficient (Wildman–Crippen LogP) is 6.41. The van der Waals surface area contributed by atoms with Crippen LogP contribution in [0.1, 0.15) is 47.2 Å². The number of hydrogen-bond acceptors (Lipinski definition) is 7. The van der Waals surface area contributed by atoms with E-state index in [1.165, 1.54) is 12.1 Å². The number of benzene rings is 2. The van der Waals surface area contributed by atoms with Crippen LogP contribution in [-0.4, -0.2) is 39.9 Å². The molecule has 0 amide bonds. The number of nitrogens with zero attached hydrogens (tertiary/aromatic N) is 2. The van der Waals surface area contributed by atoms with E-state index in [-0.39, 0.29) is 49.7 Å². The number of aromatic carboxylic acids is 1. The highest BCUT2D eigenvalue weighted by Gasteiger charge is 2.62. The van der Waals surface area contributed by atoms with Gasteiger partial charge in [-0.3, -0.25) is 4.72 Å². The van der Waals surface area contributed by atoms with E-state index in [0.717, 1.165) is 28.6 Å². The van der Waals surface area contributed by atoms with Crippen molar-refractivity contribution in [2.24, 2.45) is 11.1 Å². The Kier molecular flexibility index (Phi) is 8.17. The number of carbonyl (C=O) groups is 1. The van der Waals surface area contributed by atoms with E-state index in [0.29, 0.717) is 10.6 Å². The van der Waals surface area contributed by atoms with Crippen molar-refractivity contribution in [1.82, 2.24) is 9.97 Å². The Hall–Kier alpha value is -3.31. The largest absolute Gasteiger partial charge is 0.478 e. The molecule has 4 N–H and O–H groups in total. The zero-order valence-electron chi connectivity index (χ0n) is 21.0. The van der Waals surface area contributed by atoms with Crippen molar-refractivity contribution in [3.63, 3.8) is 0 Å². The number of aromatic nitrogens is 2. The van der Waals surface area contributed by atoms with Crippen LogP contribution in [0, 0.1) is 19.3 Å². The molecule has 4 rings (SSSR count). The number of nitrogens with one attached hydrogen (secondary N) is 1. The van der Waals surface area contributed by atoms with Gasteiger partial charge in [0.25, 0.3) is 0 Å². The maximum Gasteiger partial charge on any atom is 0.394 e. The Morgan fingerprint density at radius 2 is 1.84 bits per heavy atom. The van der Waals surface area contributed by atoms with E-state index in [2.05, 4.69) is 14.7 Å². The molecule has 1 heterocycles. The van der Waals surface area contributed by atoms with Gasteiger partial charge in [-0.2, -0.15) is 18.2 Å². The van der Waals surface area contributed by atoms with Gasteiger partial charge in [0, 0.05) is 22.6 Å². The van der Waals surface area contributed by atoms with E-state index >= 15 is 0 Å². The summed E-state index contributed by atoms with van der Waals surface area (Å²) in [7, 11) is 0. The average Bonchev–Trinajstić information content (AvgIpc) is 3.67. The van der Waals surface area contributed by atoms with Crippen LogP contribution >= 0.6 is 11.9 Å². The van der Waals surface area contributed by atoms with Crippen LogP contribution in [-0.2, 0) is 0 Å². The third-order valence-electron chi connectivity index (χ3n) is 6.67. The van der Waals surface area contributed by atoms with Crippen LogP contribution in [0.4, 0.5) is 19.1 Å². The molecule has 1 fully saturated rings. The fourth-order valence-corrected chi connectivity index (χ4v) is 4.88. The van der Waals surface area contributed by atoms with Gasteiger partial charge >= 0.3 is 12.1 Å². The Labute approximate surface area is 223 Å². The molecule has 0 bridgehead atoms. The van der Waals surface area contributed by atoms with Crippen LogP contribution in [0.3, 0.4) is 0 Å². The predicted molar refractivity (Wildman–Crippen MR) is 140 cm³/mol. The zero-order chi connectivity index (χ0) is 27.5. The van der Waals surface area contributed by atoms with Crippen molar-refractivity contribution in [3.05, 3.63) is 65.2 Å². The number of anilines is 1. The number of halogens is 3. The molecule has 11 heteroatoms. The van der Waals surface area contributed by atoms with Crippen molar-refractivity contribution in [2.75, 3.05) is 11.3 Å². The summed E-state index contributed by atoms with van der Waals surface area (Å²) in [5.74, 6) is -0.573. The van der Waals surface area contributed by atoms with Gasteiger partial charge in [-0.15, -0.1) is 0 Å². The van der Waals surface area contributed by atoms with E-state index in [1.807, 2.05) is 32.0 Å². The van der Waals surface area contributed by atoms with Crippen LogP contribution in [0.2, 0.25) is 0 Å². The summed E-state index contributed by atoms with van der Waals surface area (Å²) in [5.41, 5.74) is 8.18. The maximum absolute atomic E-state index is 13.2. The van der Waals surface area contributed by atoms with Gasteiger partial charge in [-0.25, -0.2) is 9.78 Å². The van der Waals surface area contributed by atoms with E-state index in [4.69, 9.17) is 10.5 Å². The molecule has 1 aromatic heterocycles. The lowest BCUT2D eigenvalue weighted by molar-refractivity contribution is -0.189. The molecule has 202 valence electrons. The molecular weight excluding hydrogens is 517 g/mol. The van der Waals surface area contributed by atoms with E-state index in [9.17, 15) is 23.1 Å². The lowest BCUT2D eigenvalue weighted by atomic mass is 9.97. The van der Waals surface area contributed by atoms with Crippen molar-refractivity contribution in [1.29, 1.82) is 0 Å². The molecule has 0 saturated heterocycles. The number of aryl methyl sites for hydroxylation is 2. The molecule has 1 saturated carbocycles. The minimum Gasteiger partial charge on any atom is -0.478 e. The van der Waals surface area contributed by atoms with Gasteiger partial charge < -0.3 is 15.6 Å². The van der Waals surface area contributed by atoms with Gasteiger partial charge in [-0.05, 0) is 80.8 Å². The highest BCUT2D eigenvalue weighted by Crippen LogP contribution is 2.60. The molecule has 0 spiro atoms. The summed E-state index contributed by atoms with van der Waals surface area (Å²) in [4.78, 5) is 21.0. The Bertz CT molecular complexity index is 1290. The minimum absolute atomic E-state index is 0.00435. The number of hydrogen-bond donors (Lipinski definition) is 3. The first kappa shape index (κ1) is 27.7. The zero-order valence-corrected chi connectivity index (χ0v) is 21.8. The summed E-state index contributed by atoms with van der Waals surface area (Å²) in [5, 5.41) is 9.24. The Morgan fingerprint density at radius 1 is 1.16 bits per heavy atom. The molecular formula is C27H29F3N4O3S. The lowest BCUT2D eigenvalue weighted by Gasteiger charge is -2.21. The first-order valence-corrected chi connectivity index (χ1v) is 13.0.